The van der Waals surface area contributed by atoms with E-state index in [0.717, 1.165) is 0 Å². The third-order valence-corrected chi connectivity index (χ3v) is 4.90. The van der Waals surface area contributed by atoms with E-state index in [1.807, 2.05) is 6.92 Å². The van der Waals surface area contributed by atoms with Gasteiger partial charge in [0.25, 0.3) is 0 Å². The number of esters is 1. The third-order valence-electron chi connectivity index (χ3n) is 4.34. The molecule has 2 atom stereocenters. The molecule has 1 amide bonds. The van der Waals surface area contributed by atoms with Crippen LogP contribution in [0.5, 0.6) is 5.75 Å². The van der Waals surface area contributed by atoms with E-state index >= 15 is 0 Å². The number of carbonyl (C=O) groups is 2. The van der Waals surface area contributed by atoms with Gasteiger partial charge in [-0.05, 0) is 53.7 Å². The van der Waals surface area contributed by atoms with Gasteiger partial charge >= 0.3 is 12.1 Å². The first kappa shape index (κ1) is 23.6. The third kappa shape index (κ3) is 5.47. The summed E-state index contributed by atoms with van der Waals surface area (Å²) in [6.45, 7) is 10.9. The molecule has 0 N–H and O–H groups in total. The number of nitrogens with zero attached hydrogens (tertiary/aromatic N) is 1. The van der Waals surface area contributed by atoms with Crippen molar-refractivity contribution in [1.29, 1.82) is 0 Å². The maximum atomic E-state index is 12.8. The van der Waals surface area contributed by atoms with Crippen molar-refractivity contribution in [1.82, 2.24) is 4.90 Å². The standard InChI is InChI=1S/C20H27Cl2NO6/c1-11-15(23(20(5,6)28-11)18(25)29-19(2,3)4)10-27-16-13(21)8-12(9-14(16)22)17(24)26-7/h8-9,11,15H,10H2,1-7H3/t11-,15+/m1/s1. The topological polar surface area (TPSA) is 74.3 Å². The zero-order valence-electron chi connectivity index (χ0n) is 17.7. The summed E-state index contributed by atoms with van der Waals surface area (Å²) in [5.74, 6) is -0.349. The molecule has 0 spiro atoms. The number of amides is 1. The first-order valence-corrected chi connectivity index (χ1v) is 9.92. The van der Waals surface area contributed by atoms with Crippen LogP contribution in [-0.4, -0.2) is 54.2 Å². The highest BCUT2D eigenvalue weighted by molar-refractivity contribution is 6.37. The van der Waals surface area contributed by atoms with Gasteiger partial charge in [-0.1, -0.05) is 23.2 Å². The predicted molar refractivity (Wildman–Crippen MR) is 110 cm³/mol. The van der Waals surface area contributed by atoms with Crippen molar-refractivity contribution in [2.24, 2.45) is 0 Å². The van der Waals surface area contributed by atoms with E-state index < -0.39 is 29.4 Å². The summed E-state index contributed by atoms with van der Waals surface area (Å²) in [5, 5.41) is 0.320. The van der Waals surface area contributed by atoms with E-state index in [1.165, 1.54) is 24.1 Å². The molecule has 0 saturated carbocycles. The number of methoxy groups -OCH3 is 1. The highest BCUT2D eigenvalue weighted by atomic mass is 35.5. The molecule has 1 aromatic rings. The monoisotopic (exact) mass is 447 g/mol. The van der Waals surface area contributed by atoms with Crippen LogP contribution in [0.1, 0.15) is 51.9 Å². The highest BCUT2D eigenvalue weighted by Crippen LogP contribution is 2.37. The Morgan fingerprint density at radius 3 is 2.24 bits per heavy atom. The van der Waals surface area contributed by atoms with E-state index in [0.29, 0.717) is 0 Å². The van der Waals surface area contributed by atoms with Gasteiger partial charge in [-0.25, -0.2) is 9.59 Å². The Morgan fingerprint density at radius 2 is 1.76 bits per heavy atom. The van der Waals surface area contributed by atoms with Crippen LogP contribution in [0.25, 0.3) is 0 Å². The van der Waals surface area contributed by atoms with Gasteiger partial charge in [-0.3, -0.25) is 4.90 Å². The highest BCUT2D eigenvalue weighted by Gasteiger charge is 2.50. The summed E-state index contributed by atoms with van der Waals surface area (Å²) < 4.78 is 22.0. The fourth-order valence-electron chi connectivity index (χ4n) is 3.18. The molecular formula is C20H27Cl2NO6. The molecule has 0 aliphatic carbocycles. The van der Waals surface area contributed by atoms with Crippen LogP contribution >= 0.6 is 23.2 Å². The molecule has 1 saturated heterocycles. The molecule has 0 unspecified atom stereocenters. The summed E-state index contributed by atoms with van der Waals surface area (Å²) >= 11 is 12.5. The summed E-state index contributed by atoms with van der Waals surface area (Å²) in [7, 11) is 1.27. The normalized spacial score (nSPS) is 21.1. The maximum absolute atomic E-state index is 12.8. The van der Waals surface area contributed by atoms with Crippen molar-refractivity contribution >= 4 is 35.3 Å². The van der Waals surface area contributed by atoms with Crippen LogP contribution in [0.15, 0.2) is 12.1 Å². The van der Waals surface area contributed by atoms with Crippen LogP contribution in [0.3, 0.4) is 0 Å². The van der Waals surface area contributed by atoms with Gasteiger partial charge < -0.3 is 18.9 Å². The van der Waals surface area contributed by atoms with Gasteiger partial charge in [0, 0.05) is 0 Å². The molecule has 29 heavy (non-hydrogen) atoms. The largest absolute Gasteiger partial charge is 0.488 e. The number of rotatable bonds is 4. The molecular weight excluding hydrogens is 421 g/mol. The molecule has 0 aromatic heterocycles. The van der Waals surface area contributed by atoms with Gasteiger partial charge in [0.15, 0.2) is 5.75 Å². The van der Waals surface area contributed by atoms with Crippen molar-refractivity contribution in [3.63, 3.8) is 0 Å². The van der Waals surface area contributed by atoms with Gasteiger partial charge in [-0.15, -0.1) is 0 Å². The smallest absolute Gasteiger partial charge is 0.413 e. The van der Waals surface area contributed by atoms with Crippen LogP contribution in [-0.2, 0) is 14.2 Å². The van der Waals surface area contributed by atoms with E-state index in [1.54, 1.807) is 34.6 Å². The van der Waals surface area contributed by atoms with Crippen molar-refractivity contribution in [3.05, 3.63) is 27.7 Å². The van der Waals surface area contributed by atoms with Gasteiger partial charge in [-0.2, -0.15) is 0 Å². The van der Waals surface area contributed by atoms with Crippen LogP contribution < -0.4 is 4.74 Å². The number of carbonyl (C=O) groups excluding carboxylic acids is 2. The fraction of sp³-hybridized carbons (Fsp3) is 0.600. The molecule has 1 fully saturated rings. The lowest BCUT2D eigenvalue weighted by Gasteiger charge is -2.35. The van der Waals surface area contributed by atoms with E-state index in [4.69, 9.17) is 37.4 Å². The molecule has 7 nitrogen and oxygen atoms in total. The summed E-state index contributed by atoms with van der Waals surface area (Å²) in [6.07, 6.45) is -0.817. The Labute approximate surface area is 181 Å². The van der Waals surface area contributed by atoms with Crippen molar-refractivity contribution in [2.45, 2.75) is 65.0 Å². The summed E-state index contributed by atoms with van der Waals surface area (Å²) in [4.78, 5) is 26.0. The second-order valence-corrected chi connectivity index (χ2v) is 9.07. The molecule has 0 bridgehead atoms. The SMILES string of the molecule is COC(=O)c1cc(Cl)c(OC[C@H]2[C@@H](C)OC(C)(C)N2C(=O)OC(C)(C)C)c(Cl)c1. The lowest BCUT2D eigenvalue weighted by Crippen LogP contribution is -2.52. The molecule has 162 valence electrons. The van der Waals surface area contributed by atoms with Gasteiger partial charge in [0.2, 0.25) is 0 Å². The molecule has 1 aromatic carbocycles. The Kier molecular flexibility index (Phi) is 6.97. The zero-order chi connectivity index (χ0) is 22.1. The quantitative estimate of drug-likeness (QED) is 0.609. The molecule has 1 aliphatic heterocycles. The van der Waals surface area contributed by atoms with Gasteiger partial charge in [0.05, 0.1) is 34.9 Å². The molecule has 1 heterocycles. The molecule has 9 heteroatoms. The van der Waals surface area contributed by atoms with Crippen LogP contribution in [0.4, 0.5) is 4.79 Å². The van der Waals surface area contributed by atoms with E-state index in [-0.39, 0.29) is 34.1 Å². The fourth-order valence-corrected chi connectivity index (χ4v) is 3.77. The van der Waals surface area contributed by atoms with Crippen molar-refractivity contribution < 1.29 is 28.5 Å². The second kappa shape index (κ2) is 8.58. The lowest BCUT2D eigenvalue weighted by atomic mass is 10.1. The minimum Gasteiger partial charge on any atom is -0.488 e. The number of hydrogen-bond acceptors (Lipinski definition) is 6. The first-order chi connectivity index (χ1) is 13.3. The van der Waals surface area contributed by atoms with Crippen LogP contribution in [0, 0.1) is 0 Å². The minimum atomic E-state index is -0.877. The van der Waals surface area contributed by atoms with E-state index in [2.05, 4.69) is 4.74 Å². The lowest BCUT2D eigenvalue weighted by molar-refractivity contribution is -0.0760. The minimum absolute atomic E-state index is 0.0703. The van der Waals surface area contributed by atoms with Crippen molar-refractivity contribution in [2.75, 3.05) is 13.7 Å². The Morgan fingerprint density at radius 1 is 1.21 bits per heavy atom. The molecule has 1 aliphatic rings. The van der Waals surface area contributed by atoms with Crippen LogP contribution in [0.2, 0.25) is 10.0 Å². The molecule has 2 rings (SSSR count). The Balaban J connectivity index is 2.23. The number of halogens is 2. The summed E-state index contributed by atoms with van der Waals surface area (Å²) in [6, 6.07) is 2.39. The second-order valence-electron chi connectivity index (χ2n) is 8.26. The van der Waals surface area contributed by atoms with Gasteiger partial charge in [0.1, 0.15) is 17.9 Å². The Bertz CT molecular complexity index is 767. The number of hydrogen-bond donors (Lipinski definition) is 0. The number of ether oxygens (including phenoxy) is 4. The Hall–Kier alpha value is -1.70. The maximum Gasteiger partial charge on any atom is 0.413 e. The summed E-state index contributed by atoms with van der Waals surface area (Å²) in [5.41, 5.74) is -1.32. The first-order valence-electron chi connectivity index (χ1n) is 9.17. The average molecular weight is 448 g/mol. The molecule has 0 radical (unpaired) electrons. The average Bonchev–Trinajstić information content (AvgIpc) is 2.79. The van der Waals surface area contributed by atoms with Crippen molar-refractivity contribution in [3.8, 4) is 5.75 Å². The number of benzene rings is 1. The van der Waals surface area contributed by atoms with E-state index in [9.17, 15) is 9.59 Å². The zero-order valence-corrected chi connectivity index (χ0v) is 19.2. The predicted octanol–water partition coefficient (Wildman–Crippen LogP) is 4.92.